The van der Waals surface area contributed by atoms with Gasteiger partial charge in [0.25, 0.3) is 5.91 Å². The lowest BCUT2D eigenvalue weighted by Gasteiger charge is -2.08. The van der Waals surface area contributed by atoms with Crippen LogP contribution in [0.1, 0.15) is 10.4 Å². The van der Waals surface area contributed by atoms with Crippen LogP contribution in [0.5, 0.6) is 0 Å². The maximum Gasteiger partial charge on any atom is 0.252 e. The van der Waals surface area contributed by atoms with Gasteiger partial charge in [-0.1, -0.05) is 6.07 Å². The summed E-state index contributed by atoms with van der Waals surface area (Å²) in [5.41, 5.74) is 0.956. The standard InChI is InChI=1S/C12H12N5O2/c1-14-12(16-8-13)17-10-4-2-3-9(7-10)11(19)15-5-6-18/h2-7H,1H3,(H,15,19)(H2,14,16,17). The molecule has 0 bridgehead atoms. The molecule has 0 aliphatic carbocycles. The number of nitrogens with zero attached hydrogens (tertiary/aromatic N) is 2. The number of carbonyl (C=O) groups is 2. The fourth-order valence-electron chi connectivity index (χ4n) is 1.26. The van der Waals surface area contributed by atoms with Crippen LogP contribution in [-0.4, -0.2) is 25.2 Å². The number of aldehydes is 1. The van der Waals surface area contributed by atoms with E-state index in [1.807, 2.05) is 0 Å². The zero-order chi connectivity index (χ0) is 14.1. The highest BCUT2D eigenvalue weighted by Crippen LogP contribution is 2.10. The summed E-state index contributed by atoms with van der Waals surface area (Å²) in [6.07, 6.45) is 2.13. The molecule has 0 saturated carbocycles. The molecule has 0 spiro atoms. The molecule has 0 saturated heterocycles. The summed E-state index contributed by atoms with van der Waals surface area (Å²) < 4.78 is 0. The predicted molar refractivity (Wildman–Crippen MR) is 70.0 cm³/mol. The molecule has 7 nitrogen and oxygen atoms in total. The Bertz CT molecular complexity index is 533. The van der Waals surface area contributed by atoms with Crippen molar-refractivity contribution >= 4 is 23.8 Å². The minimum atomic E-state index is -0.404. The van der Waals surface area contributed by atoms with Gasteiger partial charge >= 0.3 is 0 Å². The first-order chi connectivity index (χ1) is 9.21. The molecule has 97 valence electrons. The van der Waals surface area contributed by atoms with Crippen LogP contribution in [0.25, 0.3) is 0 Å². The van der Waals surface area contributed by atoms with Crippen LogP contribution in [0, 0.1) is 18.0 Å². The van der Waals surface area contributed by atoms with Crippen LogP contribution in [0.3, 0.4) is 0 Å². The molecule has 0 heterocycles. The van der Waals surface area contributed by atoms with Gasteiger partial charge in [-0.3, -0.25) is 4.79 Å². The number of nitrogens with one attached hydrogen (secondary N) is 3. The molecule has 1 aromatic carbocycles. The van der Waals surface area contributed by atoms with Crippen LogP contribution >= 0.6 is 0 Å². The summed E-state index contributed by atoms with van der Waals surface area (Å²) in [6.45, 7) is 1.01. The molecule has 1 radical (unpaired) electrons. The molecule has 0 atom stereocenters. The third kappa shape index (κ3) is 4.47. The maximum absolute atomic E-state index is 11.6. The molecule has 0 unspecified atom stereocenters. The lowest BCUT2D eigenvalue weighted by Crippen LogP contribution is -2.27. The molecule has 19 heavy (non-hydrogen) atoms. The van der Waals surface area contributed by atoms with Crippen LogP contribution in [0.15, 0.2) is 29.3 Å². The van der Waals surface area contributed by atoms with E-state index in [1.54, 1.807) is 37.5 Å². The second kappa shape index (κ2) is 7.45. The van der Waals surface area contributed by atoms with E-state index in [4.69, 9.17) is 5.26 Å². The van der Waals surface area contributed by atoms with Crippen molar-refractivity contribution in [3.63, 3.8) is 0 Å². The Labute approximate surface area is 110 Å². The van der Waals surface area contributed by atoms with Gasteiger partial charge in [0, 0.05) is 18.3 Å². The van der Waals surface area contributed by atoms with Crippen molar-refractivity contribution in [1.29, 1.82) is 5.26 Å². The molecule has 0 fully saturated rings. The molecule has 3 N–H and O–H groups in total. The number of carbonyl (C=O) groups excluding carboxylic acids is 2. The van der Waals surface area contributed by atoms with Crippen LogP contribution in [-0.2, 0) is 4.79 Å². The van der Waals surface area contributed by atoms with Gasteiger partial charge in [0.2, 0.25) is 12.2 Å². The lowest BCUT2D eigenvalue weighted by atomic mass is 10.2. The first kappa shape index (κ1) is 14.2. The Morgan fingerprint density at radius 2 is 2.26 bits per heavy atom. The maximum atomic E-state index is 11.6. The third-order valence-corrected chi connectivity index (χ3v) is 2.07. The van der Waals surface area contributed by atoms with Crippen LogP contribution < -0.4 is 16.0 Å². The van der Waals surface area contributed by atoms with Gasteiger partial charge in [-0.25, -0.2) is 0 Å². The fraction of sp³-hybridized carbons (Fsp3) is 0.0833. The van der Waals surface area contributed by atoms with Gasteiger partial charge < -0.3 is 20.7 Å². The number of benzene rings is 1. The Morgan fingerprint density at radius 1 is 1.47 bits per heavy atom. The number of guanidine groups is 1. The van der Waals surface area contributed by atoms with Crippen molar-refractivity contribution in [2.24, 2.45) is 4.99 Å². The fourth-order valence-corrected chi connectivity index (χ4v) is 1.26. The number of hydrogen-bond acceptors (Lipinski definition) is 4. The van der Waals surface area contributed by atoms with E-state index in [1.165, 1.54) is 0 Å². The minimum absolute atomic E-state index is 0.263. The molecule has 0 aromatic heterocycles. The smallest absolute Gasteiger partial charge is 0.252 e. The normalized spacial score (nSPS) is 10.2. The minimum Gasteiger partial charge on any atom is -0.358 e. The van der Waals surface area contributed by atoms with Gasteiger partial charge in [-0.2, -0.15) is 5.26 Å². The molecule has 0 aliphatic heterocycles. The van der Waals surface area contributed by atoms with Gasteiger partial charge in [0.1, 0.15) is 12.8 Å². The summed E-state index contributed by atoms with van der Waals surface area (Å²) in [4.78, 5) is 25.2. The first-order valence-corrected chi connectivity index (χ1v) is 5.30. The lowest BCUT2D eigenvalue weighted by molar-refractivity contribution is -0.105. The molecular weight excluding hydrogens is 246 g/mol. The largest absolute Gasteiger partial charge is 0.358 e. The average Bonchev–Trinajstić information content (AvgIpc) is 2.44. The molecule has 7 heteroatoms. The number of amides is 1. The van der Waals surface area contributed by atoms with Crippen molar-refractivity contribution < 1.29 is 9.59 Å². The topological polar surface area (TPSA) is 106 Å². The second-order valence-corrected chi connectivity index (χ2v) is 3.29. The van der Waals surface area contributed by atoms with Crippen molar-refractivity contribution in [3.8, 4) is 6.19 Å². The van der Waals surface area contributed by atoms with E-state index in [0.29, 0.717) is 17.5 Å². The zero-order valence-electron chi connectivity index (χ0n) is 10.2. The molecular formula is C12H12N5O2. The molecule has 1 aromatic rings. The van der Waals surface area contributed by atoms with Gasteiger partial charge in [0.05, 0.1) is 0 Å². The van der Waals surface area contributed by atoms with E-state index < -0.39 is 5.91 Å². The van der Waals surface area contributed by atoms with E-state index in [0.717, 1.165) is 6.54 Å². The average molecular weight is 258 g/mol. The van der Waals surface area contributed by atoms with E-state index in [2.05, 4.69) is 20.9 Å². The zero-order valence-corrected chi connectivity index (χ0v) is 10.2. The number of aliphatic imine (C=N–C) groups is 1. The Balaban J connectivity index is 2.82. The molecule has 1 rings (SSSR count). The number of hydrogen-bond donors (Lipinski definition) is 3. The summed E-state index contributed by atoms with van der Waals surface area (Å²) in [7, 11) is 1.61. The van der Waals surface area contributed by atoms with Crippen molar-refractivity contribution in [2.45, 2.75) is 0 Å². The Kier molecular flexibility index (Phi) is 5.56. The SMILES string of the molecule is CNC(=NC#N)Nc1cccc(C(=O)N[CH]C=O)c1. The Morgan fingerprint density at radius 3 is 2.89 bits per heavy atom. The number of nitriles is 1. The van der Waals surface area contributed by atoms with Gasteiger partial charge in [-0.05, 0) is 18.2 Å². The van der Waals surface area contributed by atoms with Gasteiger partial charge in [0.15, 0.2) is 0 Å². The highest BCUT2D eigenvalue weighted by Gasteiger charge is 2.06. The van der Waals surface area contributed by atoms with Crippen molar-refractivity contribution in [2.75, 3.05) is 12.4 Å². The summed E-state index contributed by atoms with van der Waals surface area (Å²) in [6, 6.07) is 6.54. The molecule has 0 aliphatic rings. The van der Waals surface area contributed by atoms with Crippen LogP contribution in [0.4, 0.5) is 5.69 Å². The molecule has 1 amide bonds. The summed E-state index contributed by atoms with van der Waals surface area (Å²) in [5, 5.41) is 16.3. The number of anilines is 1. The van der Waals surface area contributed by atoms with Gasteiger partial charge in [-0.15, -0.1) is 4.99 Å². The second-order valence-electron chi connectivity index (χ2n) is 3.29. The third-order valence-electron chi connectivity index (χ3n) is 2.07. The monoisotopic (exact) mass is 258 g/mol. The Hall–Kier alpha value is -2.88. The van der Waals surface area contributed by atoms with Crippen LogP contribution in [0.2, 0.25) is 0 Å². The highest BCUT2D eigenvalue weighted by molar-refractivity contribution is 5.99. The van der Waals surface area contributed by atoms with E-state index in [-0.39, 0.29) is 5.96 Å². The van der Waals surface area contributed by atoms with Crippen molar-refractivity contribution in [1.82, 2.24) is 10.6 Å². The van der Waals surface area contributed by atoms with Crippen molar-refractivity contribution in [3.05, 3.63) is 36.4 Å². The predicted octanol–water partition coefficient (Wildman–Crippen LogP) is 0.245. The quantitative estimate of drug-likeness (QED) is 0.310. The number of rotatable bonds is 4. The summed E-state index contributed by atoms with van der Waals surface area (Å²) >= 11 is 0. The first-order valence-electron chi connectivity index (χ1n) is 5.30. The van der Waals surface area contributed by atoms with E-state index in [9.17, 15) is 9.59 Å². The summed E-state index contributed by atoms with van der Waals surface area (Å²) in [5.74, 6) is -0.140. The highest BCUT2D eigenvalue weighted by atomic mass is 16.2. The van der Waals surface area contributed by atoms with E-state index >= 15 is 0 Å².